The Bertz CT molecular complexity index is 1330. The number of rotatable bonds is 7. The van der Waals surface area contributed by atoms with Gasteiger partial charge in [0.25, 0.3) is 11.5 Å². The summed E-state index contributed by atoms with van der Waals surface area (Å²) in [6.45, 7) is -0.761. The number of carbonyl (C=O) groups excluding carboxylic acids is 1. The van der Waals surface area contributed by atoms with Crippen molar-refractivity contribution in [2.45, 2.75) is 94.8 Å². The van der Waals surface area contributed by atoms with Gasteiger partial charge >= 0.3 is 5.97 Å². The average Bonchev–Trinajstić information content (AvgIpc) is 2.90. The van der Waals surface area contributed by atoms with E-state index in [2.05, 4.69) is 15.0 Å². The molecule has 208 valence electrons. The molecule has 2 aliphatic heterocycles. The molecule has 2 saturated heterocycles. The van der Waals surface area contributed by atoms with Crippen LogP contribution in [-0.4, -0.2) is 61.9 Å². The Hall–Kier alpha value is -3.27. The summed E-state index contributed by atoms with van der Waals surface area (Å²) in [7, 11) is 0. The molecule has 0 radical (unpaired) electrons. The van der Waals surface area contributed by atoms with Gasteiger partial charge in [-0.3, -0.25) is 14.5 Å². The Kier molecular flexibility index (Phi) is 7.14. The molecule has 2 aromatic rings. The first-order valence-corrected chi connectivity index (χ1v) is 14.4. The summed E-state index contributed by atoms with van der Waals surface area (Å²) in [5.41, 5.74) is 5.69. The van der Waals surface area contributed by atoms with Crippen LogP contribution < -0.4 is 11.3 Å². The number of carbonyl (C=O) groups is 2. The molecule has 39 heavy (non-hydrogen) atoms. The van der Waals surface area contributed by atoms with Crippen LogP contribution in [0.15, 0.2) is 34.2 Å². The molecule has 2 aliphatic carbocycles. The molecular formula is C29H37N5O5. The normalized spacial score (nSPS) is 31.1. The number of primary amides is 1. The highest BCUT2D eigenvalue weighted by Crippen LogP contribution is 2.47. The molecule has 3 N–H and O–H groups in total. The number of para-hydroxylation sites is 2. The molecular weight excluding hydrogens is 498 g/mol. The lowest BCUT2D eigenvalue weighted by Crippen LogP contribution is -2.58. The predicted molar refractivity (Wildman–Crippen MR) is 145 cm³/mol. The van der Waals surface area contributed by atoms with E-state index in [1.54, 1.807) is 10.6 Å². The minimum atomic E-state index is -1.26. The van der Waals surface area contributed by atoms with Gasteiger partial charge in [0.15, 0.2) is 11.4 Å². The van der Waals surface area contributed by atoms with Crippen LogP contribution in [0.4, 0.5) is 0 Å². The number of fused-ring (bicyclic) bond motifs is 5. The Morgan fingerprint density at radius 3 is 2.28 bits per heavy atom. The van der Waals surface area contributed by atoms with E-state index in [-0.39, 0.29) is 11.7 Å². The van der Waals surface area contributed by atoms with Crippen LogP contribution in [0.25, 0.3) is 11.0 Å². The number of hydrogen-bond acceptors (Lipinski definition) is 7. The molecule has 3 heterocycles. The van der Waals surface area contributed by atoms with Crippen molar-refractivity contribution in [3.63, 3.8) is 0 Å². The van der Waals surface area contributed by atoms with Gasteiger partial charge in [0.1, 0.15) is 0 Å². The van der Waals surface area contributed by atoms with Gasteiger partial charge in [-0.05, 0) is 68.9 Å². The summed E-state index contributed by atoms with van der Waals surface area (Å²) in [6.07, 6.45) is 13.4. The number of benzene rings is 1. The second-order valence-electron chi connectivity index (χ2n) is 11.9. The third-order valence-electron chi connectivity index (χ3n) is 9.49. The van der Waals surface area contributed by atoms with E-state index in [0.717, 1.165) is 37.5 Å². The Morgan fingerprint density at radius 2 is 1.62 bits per heavy atom. The number of aliphatic carboxylic acids is 1. The highest BCUT2D eigenvalue weighted by Gasteiger charge is 2.45. The fraction of sp³-hybridized carbons (Fsp3) is 0.621. The molecule has 2 saturated carbocycles. The van der Waals surface area contributed by atoms with Crippen molar-refractivity contribution in [1.29, 1.82) is 0 Å². The van der Waals surface area contributed by atoms with Crippen LogP contribution in [-0.2, 0) is 14.4 Å². The number of piperidine rings is 2. The summed E-state index contributed by atoms with van der Waals surface area (Å²) >= 11 is 0. The van der Waals surface area contributed by atoms with Crippen LogP contribution >= 0.6 is 0 Å². The third kappa shape index (κ3) is 5.06. The largest absolute Gasteiger partial charge is 0.479 e. The van der Waals surface area contributed by atoms with Crippen molar-refractivity contribution >= 4 is 28.6 Å². The summed E-state index contributed by atoms with van der Waals surface area (Å²) in [6, 6.07) is 8.85. The maximum Gasteiger partial charge on any atom is 0.344 e. The molecule has 6 rings (SSSR count). The molecule has 1 aromatic carbocycles. The molecule has 4 fully saturated rings. The summed E-state index contributed by atoms with van der Waals surface area (Å²) in [4.78, 5) is 49.2. The summed E-state index contributed by atoms with van der Waals surface area (Å²) < 4.78 is 1.78. The van der Waals surface area contributed by atoms with Gasteiger partial charge in [-0.2, -0.15) is 0 Å². The van der Waals surface area contributed by atoms with Gasteiger partial charge in [-0.15, -0.1) is 0 Å². The monoisotopic (exact) mass is 535 g/mol. The fourth-order valence-electron chi connectivity index (χ4n) is 8.16. The second-order valence-corrected chi connectivity index (χ2v) is 11.9. The van der Waals surface area contributed by atoms with Gasteiger partial charge in [-0.25, -0.2) is 9.78 Å². The molecule has 4 atom stereocenters. The molecule has 1 amide bonds. The third-order valence-corrected chi connectivity index (χ3v) is 9.49. The van der Waals surface area contributed by atoms with E-state index in [9.17, 15) is 14.4 Å². The zero-order chi connectivity index (χ0) is 27.1. The van der Waals surface area contributed by atoms with Crippen molar-refractivity contribution in [3.8, 4) is 0 Å². The number of amides is 1. The van der Waals surface area contributed by atoms with E-state index in [1.165, 1.54) is 44.9 Å². The topological polar surface area (TPSA) is 140 Å². The van der Waals surface area contributed by atoms with Crippen LogP contribution in [0.2, 0.25) is 0 Å². The Labute approximate surface area is 227 Å². The lowest BCUT2D eigenvalue weighted by atomic mass is 9.68. The first-order chi connectivity index (χ1) is 18.9. The lowest BCUT2D eigenvalue weighted by Gasteiger charge is -2.55. The van der Waals surface area contributed by atoms with E-state index in [4.69, 9.17) is 15.7 Å². The van der Waals surface area contributed by atoms with Gasteiger partial charge < -0.3 is 20.2 Å². The van der Waals surface area contributed by atoms with Crippen molar-refractivity contribution in [3.05, 3.63) is 40.3 Å². The zero-order valence-electron chi connectivity index (χ0n) is 22.2. The van der Waals surface area contributed by atoms with E-state index in [1.807, 2.05) is 18.2 Å². The second kappa shape index (κ2) is 10.7. The number of nitrogens with zero attached hydrogens (tertiary/aromatic N) is 4. The highest BCUT2D eigenvalue weighted by molar-refractivity contribution is 6.44. The smallest absolute Gasteiger partial charge is 0.344 e. The minimum Gasteiger partial charge on any atom is -0.479 e. The minimum absolute atomic E-state index is 0.0483. The van der Waals surface area contributed by atoms with Crippen molar-refractivity contribution in [2.75, 3.05) is 6.61 Å². The number of aromatic nitrogens is 2. The summed E-state index contributed by atoms with van der Waals surface area (Å²) in [5, 5.41) is 12.5. The fourth-order valence-corrected chi connectivity index (χ4v) is 8.16. The average molecular weight is 536 g/mol. The Morgan fingerprint density at radius 1 is 0.949 bits per heavy atom. The van der Waals surface area contributed by atoms with Crippen LogP contribution in [0.3, 0.4) is 0 Å². The number of carboxylic acid groups (broad SMARTS) is 1. The first kappa shape index (κ1) is 26.0. The molecule has 10 heteroatoms. The maximum absolute atomic E-state index is 14.0. The maximum atomic E-state index is 14.0. The van der Waals surface area contributed by atoms with E-state index < -0.39 is 29.8 Å². The van der Waals surface area contributed by atoms with E-state index >= 15 is 0 Å². The zero-order valence-corrected chi connectivity index (χ0v) is 22.2. The number of carboxylic acids is 1. The first-order valence-electron chi connectivity index (χ1n) is 14.4. The molecule has 10 nitrogen and oxygen atoms in total. The molecule has 4 bridgehead atoms. The molecule has 1 aromatic heterocycles. The van der Waals surface area contributed by atoms with Gasteiger partial charge in [0, 0.05) is 24.2 Å². The number of hydrogen-bond donors (Lipinski definition) is 2. The predicted octanol–water partition coefficient (Wildman–Crippen LogP) is 3.21. The van der Waals surface area contributed by atoms with Crippen molar-refractivity contribution < 1.29 is 19.5 Å². The van der Waals surface area contributed by atoms with E-state index in [0.29, 0.717) is 29.2 Å². The Balaban J connectivity index is 1.35. The number of oxime groups is 1. The molecule has 0 spiro atoms. The van der Waals surface area contributed by atoms with Crippen LogP contribution in [0.1, 0.15) is 82.4 Å². The molecule has 4 unspecified atom stereocenters. The van der Waals surface area contributed by atoms with Crippen LogP contribution in [0, 0.1) is 11.8 Å². The highest BCUT2D eigenvalue weighted by atomic mass is 16.6. The van der Waals surface area contributed by atoms with Gasteiger partial charge in [0.2, 0.25) is 6.61 Å². The molecule has 4 aliphatic rings. The van der Waals surface area contributed by atoms with Crippen molar-refractivity contribution in [1.82, 2.24) is 14.5 Å². The SMILES string of the molecule is NC(=O)C(=NOCC(=O)O)c1nc2ccccc2n(C2CC3CCCC(C2)N3C2CC3CCCC(C3)C2)c1=O. The van der Waals surface area contributed by atoms with Gasteiger partial charge in [-0.1, -0.05) is 43.0 Å². The van der Waals surface area contributed by atoms with Gasteiger partial charge in [0.05, 0.1) is 11.0 Å². The standard InChI is InChI=1S/C29H37N5O5/c30-28(37)26(32-39-16-25(35)36)27-29(38)34(24-10-2-1-9-23(24)31-27)22-14-19-7-4-8-20(15-22)33(19)21-12-17-5-3-6-18(11-17)13-21/h1-2,9-10,17-22H,3-8,11-16H2,(H2,30,37)(H,35,36). The number of nitrogens with two attached hydrogens (primary N) is 1. The quantitative estimate of drug-likeness (QED) is 0.410. The summed E-state index contributed by atoms with van der Waals surface area (Å²) in [5.74, 6) is -0.525. The lowest BCUT2D eigenvalue weighted by molar-refractivity contribution is -0.142. The van der Waals surface area contributed by atoms with Crippen molar-refractivity contribution in [2.24, 2.45) is 22.7 Å². The van der Waals surface area contributed by atoms with Crippen LogP contribution in [0.5, 0.6) is 0 Å².